The molecule has 4 rings (SSSR count). The summed E-state index contributed by atoms with van der Waals surface area (Å²) in [5.74, 6) is 1.70. The van der Waals surface area contributed by atoms with Crippen LogP contribution in [0, 0.1) is 12.8 Å². The molecule has 132 valence electrons. The van der Waals surface area contributed by atoms with Gasteiger partial charge in [-0.3, -0.25) is 4.79 Å². The van der Waals surface area contributed by atoms with Gasteiger partial charge in [-0.15, -0.1) is 0 Å². The predicted molar refractivity (Wildman–Crippen MR) is 94.8 cm³/mol. The number of primary amides is 1. The Kier molecular flexibility index (Phi) is 4.09. The number of nitrogens with one attached hydrogen (secondary N) is 2. The second kappa shape index (κ2) is 6.40. The van der Waals surface area contributed by atoms with Crippen molar-refractivity contribution in [2.24, 2.45) is 11.7 Å². The van der Waals surface area contributed by atoms with Crippen molar-refractivity contribution in [3.63, 3.8) is 0 Å². The first-order chi connectivity index (χ1) is 12.1. The number of aromatic nitrogens is 2. The van der Waals surface area contributed by atoms with Gasteiger partial charge in [0.1, 0.15) is 17.1 Å². The molecule has 2 aliphatic rings. The topological polar surface area (TPSA) is 94.2 Å². The van der Waals surface area contributed by atoms with Crippen molar-refractivity contribution >= 4 is 11.7 Å². The predicted octanol–water partition coefficient (Wildman–Crippen LogP) is 1.45. The molecule has 2 atom stereocenters. The fourth-order valence-electron chi connectivity index (χ4n) is 3.68. The van der Waals surface area contributed by atoms with Crippen LogP contribution in [0.3, 0.4) is 0 Å². The van der Waals surface area contributed by atoms with Gasteiger partial charge in [0.25, 0.3) is 5.91 Å². The number of aryl methyl sites for hydroxylation is 1. The molecule has 0 radical (unpaired) electrons. The van der Waals surface area contributed by atoms with Crippen LogP contribution in [0.2, 0.25) is 0 Å². The number of hydrogen-bond acceptors (Lipinski definition) is 5. The Labute approximate surface area is 146 Å². The van der Waals surface area contributed by atoms with E-state index in [9.17, 15) is 4.79 Å². The lowest BCUT2D eigenvalue weighted by Crippen LogP contribution is -2.38. The number of benzene rings is 1. The number of ether oxygens (including phenoxy) is 1. The van der Waals surface area contributed by atoms with Crippen LogP contribution in [-0.4, -0.2) is 35.4 Å². The third kappa shape index (κ3) is 2.95. The summed E-state index contributed by atoms with van der Waals surface area (Å²) in [6.07, 6.45) is 2.51. The quantitative estimate of drug-likeness (QED) is 0.782. The minimum absolute atomic E-state index is 0.309. The van der Waals surface area contributed by atoms with E-state index in [-0.39, 0.29) is 0 Å². The molecular formula is C18H23N5O2. The van der Waals surface area contributed by atoms with Crippen LogP contribution < -0.4 is 21.1 Å². The van der Waals surface area contributed by atoms with Crippen molar-refractivity contribution in [1.82, 2.24) is 15.1 Å². The zero-order valence-corrected chi connectivity index (χ0v) is 14.3. The van der Waals surface area contributed by atoms with Crippen LogP contribution in [0.4, 0.5) is 5.82 Å². The Hall–Kier alpha value is -2.54. The molecule has 1 amide bonds. The van der Waals surface area contributed by atoms with E-state index in [1.54, 1.807) is 0 Å². The Morgan fingerprint density at radius 3 is 3.24 bits per heavy atom. The molecule has 4 N–H and O–H groups in total. The zero-order valence-electron chi connectivity index (χ0n) is 14.3. The summed E-state index contributed by atoms with van der Waals surface area (Å²) in [5.41, 5.74) is 8.26. The largest absolute Gasteiger partial charge is 0.493 e. The lowest BCUT2D eigenvalue weighted by Gasteiger charge is -2.31. The van der Waals surface area contributed by atoms with Crippen molar-refractivity contribution in [3.8, 4) is 5.75 Å². The molecule has 25 heavy (non-hydrogen) atoms. The summed E-state index contributed by atoms with van der Waals surface area (Å²) in [5, 5.41) is 11.3. The van der Waals surface area contributed by atoms with Crippen LogP contribution in [0.5, 0.6) is 5.75 Å². The number of fused-ring (bicyclic) bond motifs is 2. The van der Waals surface area contributed by atoms with Crippen LogP contribution in [-0.2, 0) is 6.54 Å². The fourth-order valence-corrected chi connectivity index (χ4v) is 3.68. The average Bonchev–Trinajstić information content (AvgIpc) is 3.04. The SMILES string of the molecule is Cc1cccc2c1OCC[C@H]2NC[C@H]1CNc2c(C(N)=O)cnn2C1. The molecule has 2 aromatic rings. The van der Waals surface area contributed by atoms with Gasteiger partial charge in [-0.1, -0.05) is 18.2 Å². The fraction of sp³-hybridized carbons (Fsp3) is 0.444. The highest BCUT2D eigenvalue weighted by molar-refractivity contribution is 5.97. The molecule has 0 unspecified atom stereocenters. The highest BCUT2D eigenvalue weighted by atomic mass is 16.5. The summed E-state index contributed by atoms with van der Waals surface area (Å²) in [7, 11) is 0. The standard InChI is InChI=1S/C18H23N5O2/c1-11-3-2-4-13-15(5-6-25-16(11)13)20-7-12-8-21-18-14(17(19)24)9-22-23(18)10-12/h2-4,9,12,15,20-21H,5-8,10H2,1H3,(H2,19,24)/t12-,15+/m0/s1. The number of amides is 1. The molecular weight excluding hydrogens is 318 g/mol. The number of nitrogens with zero attached hydrogens (tertiary/aromatic N) is 2. The minimum Gasteiger partial charge on any atom is -0.493 e. The maximum Gasteiger partial charge on any atom is 0.254 e. The van der Waals surface area contributed by atoms with Crippen molar-refractivity contribution in [2.45, 2.75) is 25.9 Å². The molecule has 1 aromatic heterocycles. The lowest BCUT2D eigenvalue weighted by molar-refractivity contribution is 0.100. The van der Waals surface area contributed by atoms with Crippen LogP contribution in [0.25, 0.3) is 0 Å². The van der Waals surface area contributed by atoms with E-state index in [0.717, 1.165) is 44.2 Å². The molecule has 0 bridgehead atoms. The zero-order chi connectivity index (χ0) is 17.4. The van der Waals surface area contributed by atoms with Crippen molar-refractivity contribution < 1.29 is 9.53 Å². The lowest BCUT2D eigenvalue weighted by atomic mass is 9.97. The number of nitrogens with two attached hydrogens (primary N) is 1. The number of hydrogen-bond donors (Lipinski definition) is 3. The number of rotatable bonds is 4. The summed E-state index contributed by atoms with van der Waals surface area (Å²) >= 11 is 0. The highest BCUT2D eigenvalue weighted by Gasteiger charge is 2.26. The first-order valence-corrected chi connectivity index (χ1v) is 8.68. The molecule has 3 heterocycles. The molecule has 7 heteroatoms. The summed E-state index contributed by atoms with van der Waals surface area (Å²) < 4.78 is 7.67. The monoisotopic (exact) mass is 341 g/mol. The van der Waals surface area contributed by atoms with Gasteiger partial charge in [0.05, 0.1) is 12.8 Å². The summed E-state index contributed by atoms with van der Waals surface area (Å²) in [6.45, 7) is 5.26. The smallest absolute Gasteiger partial charge is 0.254 e. The van der Waals surface area contributed by atoms with E-state index >= 15 is 0 Å². The van der Waals surface area contributed by atoms with Crippen LogP contribution in [0.1, 0.15) is 33.9 Å². The van der Waals surface area contributed by atoms with Gasteiger partial charge in [0.15, 0.2) is 0 Å². The van der Waals surface area contributed by atoms with Crippen molar-refractivity contribution in [2.75, 3.05) is 25.0 Å². The van der Waals surface area contributed by atoms with Gasteiger partial charge in [-0.05, 0) is 12.5 Å². The van der Waals surface area contributed by atoms with E-state index in [0.29, 0.717) is 17.5 Å². The van der Waals surface area contributed by atoms with E-state index in [1.807, 2.05) is 4.68 Å². The molecule has 2 aliphatic heterocycles. The number of carbonyl (C=O) groups is 1. The number of para-hydroxylation sites is 1. The van der Waals surface area contributed by atoms with Crippen LogP contribution in [0.15, 0.2) is 24.4 Å². The minimum atomic E-state index is -0.445. The van der Waals surface area contributed by atoms with Crippen LogP contribution >= 0.6 is 0 Å². The molecule has 1 aromatic carbocycles. The Morgan fingerprint density at radius 2 is 2.40 bits per heavy atom. The molecule has 0 spiro atoms. The van der Waals surface area contributed by atoms with Gasteiger partial charge < -0.3 is 21.1 Å². The van der Waals surface area contributed by atoms with Gasteiger partial charge in [0.2, 0.25) is 0 Å². The average molecular weight is 341 g/mol. The normalized spacial score (nSPS) is 21.6. The Morgan fingerprint density at radius 1 is 1.52 bits per heavy atom. The molecule has 0 aliphatic carbocycles. The van der Waals surface area contributed by atoms with Gasteiger partial charge in [0, 0.05) is 43.6 Å². The van der Waals surface area contributed by atoms with Crippen molar-refractivity contribution in [1.29, 1.82) is 0 Å². The maximum atomic E-state index is 11.4. The summed E-state index contributed by atoms with van der Waals surface area (Å²) in [4.78, 5) is 11.4. The summed E-state index contributed by atoms with van der Waals surface area (Å²) in [6, 6.07) is 6.62. The van der Waals surface area contributed by atoms with E-state index in [4.69, 9.17) is 10.5 Å². The first-order valence-electron chi connectivity index (χ1n) is 8.68. The van der Waals surface area contributed by atoms with E-state index in [2.05, 4.69) is 40.9 Å². The number of anilines is 1. The maximum absolute atomic E-state index is 11.4. The first kappa shape index (κ1) is 16.0. The molecule has 0 saturated carbocycles. The van der Waals surface area contributed by atoms with Gasteiger partial charge in [-0.2, -0.15) is 5.10 Å². The van der Waals surface area contributed by atoms with E-state index in [1.165, 1.54) is 17.3 Å². The molecule has 0 fully saturated rings. The Balaban J connectivity index is 1.42. The molecule has 0 saturated heterocycles. The second-order valence-corrected chi connectivity index (χ2v) is 6.79. The third-order valence-corrected chi connectivity index (χ3v) is 5.02. The van der Waals surface area contributed by atoms with Gasteiger partial charge in [-0.25, -0.2) is 4.68 Å². The van der Waals surface area contributed by atoms with E-state index < -0.39 is 5.91 Å². The molecule has 7 nitrogen and oxygen atoms in total. The second-order valence-electron chi connectivity index (χ2n) is 6.79. The third-order valence-electron chi connectivity index (χ3n) is 5.02. The Bertz CT molecular complexity index is 801. The van der Waals surface area contributed by atoms with Gasteiger partial charge >= 0.3 is 0 Å². The van der Waals surface area contributed by atoms with Crippen molar-refractivity contribution in [3.05, 3.63) is 41.1 Å². The highest BCUT2D eigenvalue weighted by Crippen LogP contribution is 2.34. The number of carbonyl (C=O) groups excluding carboxylic acids is 1.